The molecule has 1 aromatic heterocycles. The lowest BCUT2D eigenvalue weighted by Gasteiger charge is -2.33. The van der Waals surface area contributed by atoms with E-state index < -0.39 is 11.7 Å². The zero-order valence-electron chi connectivity index (χ0n) is 16.6. The van der Waals surface area contributed by atoms with Gasteiger partial charge in [0.15, 0.2) is 0 Å². The minimum absolute atomic E-state index is 0.0839. The van der Waals surface area contributed by atoms with Gasteiger partial charge in [-0.3, -0.25) is 14.6 Å². The predicted octanol–water partition coefficient (Wildman–Crippen LogP) is 2.29. The van der Waals surface area contributed by atoms with Gasteiger partial charge < -0.3 is 9.84 Å². The number of nitrogens with zero attached hydrogens (tertiary/aromatic N) is 3. The molecule has 0 saturated carbocycles. The average molecular weight is 420 g/mol. The van der Waals surface area contributed by atoms with Crippen LogP contribution in [0.4, 0.5) is 13.2 Å². The maximum atomic E-state index is 12.7. The number of benzene rings is 1. The molecule has 1 fully saturated rings. The fourth-order valence-electron chi connectivity index (χ4n) is 3.15. The molecule has 1 aliphatic heterocycles. The first-order valence-corrected chi connectivity index (χ1v) is 9.59. The molecule has 0 bridgehead atoms. The second-order valence-electron chi connectivity index (χ2n) is 7.14. The van der Waals surface area contributed by atoms with Crippen LogP contribution in [-0.4, -0.2) is 60.1 Å². The highest BCUT2D eigenvalue weighted by Crippen LogP contribution is 2.29. The molecule has 0 unspecified atom stereocenters. The molecule has 2 aromatic rings. The van der Waals surface area contributed by atoms with Gasteiger partial charge in [-0.15, -0.1) is 0 Å². The van der Waals surface area contributed by atoms with Crippen molar-refractivity contribution in [3.05, 3.63) is 52.9 Å². The van der Waals surface area contributed by atoms with Crippen LogP contribution in [0.2, 0.25) is 0 Å². The number of aromatic nitrogens is 1. The fraction of sp³-hybridized carbons (Fsp3) is 0.429. The van der Waals surface area contributed by atoms with E-state index in [0.29, 0.717) is 0 Å². The number of halogens is 3. The van der Waals surface area contributed by atoms with Crippen LogP contribution in [0.25, 0.3) is 0 Å². The third-order valence-electron chi connectivity index (χ3n) is 4.69. The van der Waals surface area contributed by atoms with Gasteiger partial charge in [0.05, 0.1) is 24.3 Å². The van der Waals surface area contributed by atoms with Crippen molar-refractivity contribution in [1.82, 2.24) is 20.3 Å². The summed E-state index contributed by atoms with van der Waals surface area (Å²) in [5.74, 6) is 5.97. The summed E-state index contributed by atoms with van der Waals surface area (Å²) in [5.41, 5.74) is 0.423. The van der Waals surface area contributed by atoms with Gasteiger partial charge in [0, 0.05) is 44.4 Å². The Morgan fingerprint density at radius 3 is 2.60 bits per heavy atom. The normalized spacial score (nSPS) is 15.5. The van der Waals surface area contributed by atoms with E-state index in [9.17, 15) is 18.0 Å². The Morgan fingerprint density at radius 2 is 1.93 bits per heavy atom. The molecule has 2 heterocycles. The number of aryl methyl sites for hydroxylation is 1. The van der Waals surface area contributed by atoms with E-state index in [2.05, 4.69) is 32.1 Å². The van der Waals surface area contributed by atoms with Gasteiger partial charge in [-0.1, -0.05) is 23.1 Å². The predicted molar refractivity (Wildman–Crippen MR) is 104 cm³/mol. The summed E-state index contributed by atoms with van der Waals surface area (Å²) in [6.07, 6.45) is -4.40. The number of piperazine rings is 1. The smallest absolute Gasteiger partial charge is 0.361 e. The van der Waals surface area contributed by atoms with E-state index in [1.165, 1.54) is 12.1 Å². The first-order valence-electron chi connectivity index (χ1n) is 9.59. The van der Waals surface area contributed by atoms with Gasteiger partial charge in [-0.05, 0) is 25.1 Å². The molecular weight excluding hydrogens is 397 g/mol. The maximum Gasteiger partial charge on any atom is 0.416 e. The maximum absolute atomic E-state index is 12.7. The molecule has 1 N–H and O–H groups in total. The average Bonchev–Trinajstić information content (AvgIpc) is 3.11. The lowest BCUT2D eigenvalue weighted by atomic mass is 10.1. The monoisotopic (exact) mass is 420 g/mol. The molecule has 30 heavy (non-hydrogen) atoms. The van der Waals surface area contributed by atoms with Gasteiger partial charge in [-0.25, -0.2) is 0 Å². The van der Waals surface area contributed by atoms with E-state index in [1.54, 1.807) is 0 Å². The Balaban J connectivity index is 1.37. The van der Waals surface area contributed by atoms with Crippen molar-refractivity contribution in [3.8, 4) is 11.8 Å². The van der Waals surface area contributed by atoms with Crippen LogP contribution < -0.4 is 5.32 Å². The van der Waals surface area contributed by atoms with Gasteiger partial charge >= 0.3 is 6.18 Å². The van der Waals surface area contributed by atoms with Crippen molar-refractivity contribution < 1.29 is 22.5 Å². The van der Waals surface area contributed by atoms with Crippen molar-refractivity contribution in [2.45, 2.75) is 19.6 Å². The molecule has 1 aliphatic rings. The highest BCUT2D eigenvalue weighted by molar-refractivity contribution is 5.78. The second kappa shape index (κ2) is 9.78. The van der Waals surface area contributed by atoms with Crippen LogP contribution in [-0.2, 0) is 17.5 Å². The number of carbonyl (C=O) groups excluding carboxylic acids is 1. The van der Waals surface area contributed by atoms with Crippen molar-refractivity contribution in [1.29, 1.82) is 0 Å². The fourth-order valence-corrected chi connectivity index (χ4v) is 3.15. The van der Waals surface area contributed by atoms with E-state index in [4.69, 9.17) is 4.52 Å². The van der Waals surface area contributed by atoms with Gasteiger partial charge in [-0.2, -0.15) is 13.2 Å². The number of hydrogen-bond donors (Lipinski definition) is 1. The Morgan fingerprint density at radius 1 is 1.20 bits per heavy atom. The second-order valence-corrected chi connectivity index (χ2v) is 7.14. The molecule has 0 spiro atoms. The zero-order valence-corrected chi connectivity index (χ0v) is 16.6. The Hall–Kier alpha value is -2.83. The molecule has 9 heteroatoms. The summed E-state index contributed by atoms with van der Waals surface area (Å²) < 4.78 is 43.2. The Bertz CT molecular complexity index is 922. The van der Waals surface area contributed by atoms with Crippen molar-refractivity contribution in [2.24, 2.45) is 0 Å². The van der Waals surface area contributed by atoms with Crippen molar-refractivity contribution in [3.63, 3.8) is 0 Å². The third-order valence-corrected chi connectivity index (χ3v) is 4.69. The number of alkyl halides is 3. The number of nitrogens with one attached hydrogen (secondary N) is 1. The minimum atomic E-state index is -4.40. The van der Waals surface area contributed by atoms with Crippen LogP contribution in [0.1, 0.15) is 22.6 Å². The van der Waals surface area contributed by atoms with Crippen LogP contribution in [0.15, 0.2) is 34.9 Å². The lowest BCUT2D eigenvalue weighted by molar-refractivity contribution is -0.137. The summed E-state index contributed by atoms with van der Waals surface area (Å²) in [4.78, 5) is 16.4. The molecule has 1 aromatic carbocycles. The third kappa shape index (κ3) is 6.61. The standard InChI is InChI=1S/C21H23F3N4O2/c1-16-12-19(26-30-16)14-27-8-10-28(11-9-27)15-20(29)25-7-3-5-17-4-2-6-18(13-17)21(22,23)24/h2,4,6,12-13H,7-11,14-15H2,1H3,(H,25,29). The number of amides is 1. The van der Waals surface area contributed by atoms with Crippen LogP contribution in [0.3, 0.4) is 0 Å². The molecule has 160 valence electrons. The quantitative estimate of drug-likeness (QED) is 0.753. The molecule has 0 aliphatic carbocycles. The van der Waals surface area contributed by atoms with Gasteiger partial charge in [0.2, 0.25) is 5.91 Å². The first-order chi connectivity index (χ1) is 14.3. The SMILES string of the molecule is Cc1cc(CN2CCN(CC(=O)NCC#Cc3cccc(C(F)(F)F)c3)CC2)no1. The summed E-state index contributed by atoms with van der Waals surface area (Å²) in [6, 6.07) is 6.73. The molecule has 1 amide bonds. The largest absolute Gasteiger partial charge is 0.416 e. The van der Waals surface area contributed by atoms with E-state index in [-0.39, 0.29) is 24.6 Å². The van der Waals surface area contributed by atoms with Crippen molar-refractivity contribution >= 4 is 5.91 Å². The zero-order chi connectivity index (χ0) is 21.6. The molecule has 1 saturated heterocycles. The summed E-state index contributed by atoms with van der Waals surface area (Å²) in [5, 5.41) is 6.68. The minimum Gasteiger partial charge on any atom is -0.361 e. The highest BCUT2D eigenvalue weighted by Gasteiger charge is 2.30. The van der Waals surface area contributed by atoms with E-state index >= 15 is 0 Å². The molecule has 0 radical (unpaired) electrons. The van der Waals surface area contributed by atoms with Gasteiger partial charge in [0.1, 0.15) is 5.76 Å². The number of hydrogen-bond acceptors (Lipinski definition) is 5. The lowest BCUT2D eigenvalue weighted by Crippen LogP contribution is -2.49. The van der Waals surface area contributed by atoms with Crippen LogP contribution in [0, 0.1) is 18.8 Å². The Labute approximate surface area is 173 Å². The van der Waals surface area contributed by atoms with Crippen LogP contribution in [0.5, 0.6) is 0 Å². The molecule has 0 atom stereocenters. The number of rotatable bonds is 5. The Kier molecular flexibility index (Phi) is 7.13. The molecule has 3 rings (SSSR count). The van der Waals surface area contributed by atoms with Crippen molar-refractivity contribution in [2.75, 3.05) is 39.3 Å². The molecular formula is C21H23F3N4O2. The highest BCUT2D eigenvalue weighted by atomic mass is 19.4. The van der Waals surface area contributed by atoms with Crippen LogP contribution >= 0.6 is 0 Å². The summed E-state index contributed by atoms with van der Waals surface area (Å²) >= 11 is 0. The topological polar surface area (TPSA) is 61.6 Å². The van der Waals surface area contributed by atoms with Gasteiger partial charge in [0.25, 0.3) is 0 Å². The summed E-state index contributed by atoms with van der Waals surface area (Å²) in [7, 11) is 0. The summed E-state index contributed by atoms with van der Waals surface area (Å²) in [6.45, 7) is 6.12. The molecule has 6 nitrogen and oxygen atoms in total. The number of carbonyl (C=O) groups is 1. The first kappa shape index (κ1) is 21.9. The van der Waals surface area contributed by atoms with E-state index in [0.717, 1.165) is 56.3 Å². The van der Waals surface area contributed by atoms with E-state index in [1.807, 2.05) is 13.0 Å².